The van der Waals surface area contributed by atoms with E-state index in [-0.39, 0.29) is 17.4 Å². The molecule has 0 radical (unpaired) electrons. The maximum atomic E-state index is 10.9. The first-order chi connectivity index (χ1) is 5.05. The van der Waals surface area contributed by atoms with E-state index >= 15 is 0 Å². The summed E-state index contributed by atoms with van der Waals surface area (Å²) in [5.74, 6) is 2.74. The van der Waals surface area contributed by atoms with Gasteiger partial charge in [0.25, 0.3) is 0 Å². The summed E-state index contributed by atoms with van der Waals surface area (Å²) in [5.41, 5.74) is 5.50. The van der Waals surface area contributed by atoms with Crippen molar-refractivity contribution in [2.75, 3.05) is 11.5 Å². The molecule has 11 heavy (non-hydrogen) atoms. The van der Waals surface area contributed by atoms with E-state index < -0.39 is 15.9 Å². The summed E-state index contributed by atoms with van der Waals surface area (Å²) < 4.78 is 21.9. The van der Waals surface area contributed by atoms with Crippen molar-refractivity contribution in [1.82, 2.24) is 0 Å². The predicted octanol–water partition coefficient (Wildman–Crippen LogP) is -0.618. The van der Waals surface area contributed by atoms with E-state index in [2.05, 4.69) is 5.92 Å². The molecule has 0 aromatic heterocycles. The van der Waals surface area contributed by atoms with Crippen LogP contribution in [0.5, 0.6) is 0 Å². The summed E-state index contributed by atoms with van der Waals surface area (Å²) >= 11 is 0. The SMILES string of the molecule is C#CC(N)C1CCS(=O)(=O)C1. The summed E-state index contributed by atoms with van der Waals surface area (Å²) in [4.78, 5) is 0. The van der Waals surface area contributed by atoms with Gasteiger partial charge in [0.05, 0.1) is 17.5 Å². The fourth-order valence-electron chi connectivity index (χ4n) is 1.24. The molecule has 1 fully saturated rings. The Morgan fingerprint density at radius 1 is 1.64 bits per heavy atom. The molecule has 0 aromatic rings. The van der Waals surface area contributed by atoms with E-state index in [1.54, 1.807) is 0 Å². The molecule has 0 bridgehead atoms. The second kappa shape index (κ2) is 2.84. The van der Waals surface area contributed by atoms with E-state index in [1.165, 1.54) is 0 Å². The Balaban J connectivity index is 2.64. The molecule has 0 saturated carbocycles. The third-order valence-corrected chi connectivity index (χ3v) is 3.76. The van der Waals surface area contributed by atoms with Crippen molar-refractivity contribution in [3.63, 3.8) is 0 Å². The maximum absolute atomic E-state index is 10.9. The van der Waals surface area contributed by atoms with Gasteiger partial charge in [-0.05, 0) is 6.42 Å². The van der Waals surface area contributed by atoms with Crippen molar-refractivity contribution in [2.45, 2.75) is 12.5 Å². The summed E-state index contributed by atoms with van der Waals surface area (Å²) in [7, 11) is -2.83. The van der Waals surface area contributed by atoms with Crippen molar-refractivity contribution in [2.24, 2.45) is 11.7 Å². The molecule has 1 aliphatic heterocycles. The molecule has 2 N–H and O–H groups in total. The molecule has 0 aromatic carbocycles. The first-order valence-electron chi connectivity index (χ1n) is 3.47. The van der Waals surface area contributed by atoms with E-state index in [0.29, 0.717) is 6.42 Å². The number of hydrogen-bond donors (Lipinski definition) is 1. The molecule has 1 aliphatic rings. The van der Waals surface area contributed by atoms with E-state index in [4.69, 9.17) is 12.2 Å². The number of terminal acetylenes is 1. The highest BCUT2D eigenvalue weighted by molar-refractivity contribution is 7.91. The van der Waals surface area contributed by atoms with Gasteiger partial charge < -0.3 is 5.73 Å². The maximum Gasteiger partial charge on any atom is 0.150 e. The minimum Gasteiger partial charge on any atom is -0.317 e. The van der Waals surface area contributed by atoms with Crippen LogP contribution in [0.2, 0.25) is 0 Å². The largest absolute Gasteiger partial charge is 0.317 e. The lowest BCUT2D eigenvalue weighted by molar-refractivity contribution is 0.540. The lowest BCUT2D eigenvalue weighted by Gasteiger charge is -2.09. The Bertz CT molecular complexity index is 275. The Hall–Kier alpha value is -0.530. The van der Waals surface area contributed by atoms with Crippen LogP contribution in [0.1, 0.15) is 6.42 Å². The Kier molecular flexibility index (Phi) is 2.21. The lowest BCUT2D eigenvalue weighted by atomic mass is 10.0. The van der Waals surface area contributed by atoms with Crippen molar-refractivity contribution >= 4 is 9.84 Å². The summed E-state index contributed by atoms with van der Waals surface area (Å²) in [5, 5.41) is 0. The third-order valence-electron chi connectivity index (χ3n) is 1.97. The molecule has 0 aliphatic carbocycles. The molecule has 2 unspecified atom stereocenters. The standard InChI is InChI=1S/C7H11NO2S/c1-2-7(8)6-3-4-11(9,10)5-6/h1,6-7H,3-5,8H2. The van der Waals surface area contributed by atoms with Crippen LogP contribution in [0.3, 0.4) is 0 Å². The molecule has 0 spiro atoms. The highest BCUT2D eigenvalue weighted by atomic mass is 32.2. The van der Waals surface area contributed by atoms with Crippen LogP contribution < -0.4 is 5.73 Å². The van der Waals surface area contributed by atoms with Gasteiger partial charge in [-0.1, -0.05) is 5.92 Å². The summed E-state index contributed by atoms with van der Waals surface area (Å²) in [6, 6.07) is -0.396. The zero-order valence-corrected chi connectivity index (χ0v) is 6.97. The molecule has 4 heteroatoms. The Morgan fingerprint density at radius 3 is 2.64 bits per heavy atom. The van der Waals surface area contributed by atoms with Gasteiger partial charge >= 0.3 is 0 Å². The van der Waals surface area contributed by atoms with Crippen molar-refractivity contribution in [3.05, 3.63) is 0 Å². The molecular weight excluding hydrogens is 162 g/mol. The Labute approximate surface area is 66.9 Å². The van der Waals surface area contributed by atoms with Crippen LogP contribution >= 0.6 is 0 Å². The van der Waals surface area contributed by atoms with Crippen LogP contribution in [0.25, 0.3) is 0 Å². The second-order valence-electron chi connectivity index (χ2n) is 2.86. The first-order valence-corrected chi connectivity index (χ1v) is 5.29. The zero-order chi connectivity index (χ0) is 8.48. The fraction of sp³-hybridized carbons (Fsp3) is 0.714. The van der Waals surface area contributed by atoms with Gasteiger partial charge in [-0.3, -0.25) is 0 Å². The Morgan fingerprint density at radius 2 is 2.27 bits per heavy atom. The van der Waals surface area contributed by atoms with Crippen molar-refractivity contribution < 1.29 is 8.42 Å². The van der Waals surface area contributed by atoms with Crippen LogP contribution in [-0.2, 0) is 9.84 Å². The summed E-state index contributed by atoms with van der Waals surface area (Å²) in [6.45, 7) is 0. The van der Waals surface area contributed by atoms with Gasteiger partial charge in [-0.25, -0.2) is 8.42 Å². The van der Waals surface area contributed by atoms with Crippen LogP contribution in [0.15, 0.2) is 0 Å². The fourth-order valence-corrected chi connectivity index (χ4v) is 3.10. The van der Waals surface area contributed by atoms with E-state index in [0.717, 1.165) is 0 Å². The second-order valence-corrected chi connectivity index (χ2v) is 5.08. The van der Waals surface area contributed by atoms with Gasteiger partial charge in [0.2, 0.25) is 0 Å². The highest BCUT2D eigenvalue weighted by Gasteiger charge is 2.30. The van der Waals surface area contributed by atoms with E-state index in [1.807, 2.05) is 0 Å². The molecule has 1 heterocycles. The molecule has 1 saturated heterocycles. The molecular formula is C7H11NO2S. The number of rotatable bonds is 1. The lowest BCUT2D eigenvalue weighted by Crippen LogP contribution is -2.28. The molecule has 2 atom stereocenters. The monoisotopic (exact) mass is 173 g/mol. The number of nitrogens with two attached hydrogens (primary N) is 1. The zero-order valence-electron chi connectivity index (χ0n) is 6.16. The van der Waals surface area contributed by atoms with Gasteiger partial charge in [0, 0.05) is 5.92 Å². The first kappa shape index (κ1) is 8.57. The molecule has 3 nitrogen and oxygen atoms in total. The quantitative estimate of drug-likeness (QED) is 0.538. The van der Waals surface area contributed by atoms with Gasteiger partial charge in [0.1, 0.15) is 0 Å². The molecule has 1 rings (SSSR count). The number of sulfone groups is 1. The smallest absolute Gasteiger partial charge is 0.150 e. The van der Waals surface area contributed by atoms with Gasteiger partial charge in [-0.2, -0.15) is 0 Å². The van der Waals surface area contributed by atoms with Crippen LogP contribution in [-0.4, -0.2) is 26.0 Å². The van der Waals surface area contributed by atoms with Crippen LogP contribution in [0.4, 0.5) is 0 Å². The van der Waals surface area contributed by atoms with Crippen molar-refractivity contribution in [3.8, 4) is 12.3 Å². The highest BCUT2D eigenvalue weighted by Crippen LogP contribution is 2.20. The molecule has 62 valence electrons. The topological polar surface area (TPSA) is 60.2 Å². The van der Waals surface area contributed by atoms with Gasteiger partial charge in [0.15, 0.2) is 9.84 Å². The summed E-state index contributed by atoms with van der Waals surface area (Å²) in [6.07, 6.45) is 5.69. The molecule has 0 amide bonds. The van der Waals surface area contributed by atoms with E-state index in [9.17, 15) is 8.42 Å². The van der Waals surface area contributed by atoms with Crippen LogP contribution in [0, 0.1) is 18.3 Å². The minimum atomic E-state index is -2.83. The average Bonchev–Trinajstić information content (AvgIpc) is 2.29. The number of hydrogen-bond acceptors (Lipinski definition) is 3. The predicted molar refractivity (Wildman–Crippen MR) is 43.6 cm³/mol. The average molecular weight is 173 g/mol. The third kappa shape index (κ3) is 1.95. The minimum absolute atomic E-state index is 0.0231. The van der Waals surface area contributed by atoms with Crippen molar-refractivity contribution in [1.29, 1.82) is 0 Å². The van der Waals surface area contributed by atoms with Gasteiger partial charge in [-0.15, -0.1) is 6.42 Å². The normalized spacial score (nSPS) is 31.1.